The molecule has 0 fully saturated rings. The number of rotatable bonds is 7. The maximum Gasteiger partial charge on any atom is 0.309 e. The van der Waals surface area contributed by atoms with Crippen LogP contribution >= 0.6 is 11.3 Å². The highest BCUT2D eigenvalue weighted by atomic mass is 32.1. The third kappa shape index (κ3) is 4.31. The predicted molar refractivity (Wildman–Crippen MR) is 87.5 cm³/mol. The first-order valence-electron chi connectivity index (χ1n) is 7.29. The van der Waals surface area contributed by atoms with Crippen LogP contribution in [0.3, 0.4) is 0 Å². The van der Waals surface area contributed by atoms with Gasteiger partial charge in [0.1, 0.15) is 17.4 Å². The molecular weight excluding hydrogens is 298 g/mol. The molecule has 0 radical (unpaired) electrons. The largest absolute Gasteiger partial charge is 0.486 e. The van der Waals surface area contributed by atoms with Gasteiger partial charge in [0.05, 0.1) is 12.1 Å². The first-order chi connectivity index (χ1) is 10.4. The minimum atomic E-state index is -0.869. The lowest BCUT2D eigenvalue weighted by Gasteiger charge is -2.23. The molecule has 1 heterocycles. The Balaban J connectivity index is 1.94. The summed E-state index contributed by atoms with van der Waals surface area (Å²) in [6.45, 7) is 6.99. The maximum atomic E-state index is 10.6. The highest BCUT2D eigenvalue weighted by Gasteiger charge is 2.17. The summed E-state index contributed by atoms with van der Waals surface area (Å²) in [6, 6.07) is 8.13. The topological polar surface area (TPSA) is 59.4 Å². The van der Waals surface area contributed by atoms with Gasteiger partial charge >= 0.3 is 5.97 Å². The zero-order chi connectivity index (χ0) is 16.2. The molecule has 4 nitrogen and oxygen atoms in total. The molecule has 0 aliphatic rings. The van der Waals surface area contributed by atoms with Crippen molar-refractivity contribution in [1.29, 1.82) is 0 Å². The van der Waals surface area contributed by atoms with Crippen LogP contribution in [0.15, 0.2) is 29.6 Å². The van der Waals surface area contributed by atoms with Crippen LogP contribution in [0.1, 0.15) is 43.5 Å². The second-order valence-electron chi connectivity index (χ2n) is 5.85. The normalized spacial score (nSPS) is 11.4. The number of carboxylic acids is 1. The van der Waals surface area contributed by atoms with E-state index in [0.717, 1.165) is 17.2 Å². The molecule has 2 aromatic rings. The second kappa shape index (κ2) is 6.92. The number of aliphatic carboxylic acids is 1. The molecule has 22 heavy (non-hydrogen) atoms. The van der Waals surface area contributed by atoms with Crippen molar-refractivity contribution < 1.29 is 14.6 Å². The molecule has 0 saturated carbocycles. The van der Waals surface area contributed by atoms with Crippen LogP contribution in [-0.4, -0.2) is 16.1 Å². The number of hydrogen-bond donors (Lipinski definition) is 1. The Bertz CT molecular complexity index is 632. The van der Waals surface area contributed by atoms with Crippen molar-refractivity contribution in [3.63, 3.8) is 0 Å². The molecule has 0 atom stereocenters. The average Bonchev–Trinajstić information content (AvgIpc) is 2.92. The number of benzene rings is 1. The molecule has 2 rings (SSSR count). The Labute approximate surface area is 134 Å². The molecule has 1 N–H and O–H groups in total. The van der Waals surface area contributed by atoms with Crippen molar-refractivity contribution in [1.82, 2.24) is 4.98 Å². The van der Waals surface area contributed by atoms with Crippen LogP contribution < -0.4 is 4.74 Å². The van der Waals surface area contributed by atoms with E-state index >= 15 is 0 Å². The molecule has 0 amide bonds. The van der Waals surface area contributed by atoms with Gasteiger partial charge in [-0.2, -0.15) is 0 Å². The van der Waals surface area contributed by atoms with E-state index in [2.05, 4.69) is 37.9 Å². The zero-order valence-electron chi connectivity index (χ0n) is 13.1. The molecular formula is C17H21NO3S. The van der Waals surface area contributed by atoms with Crippen molar-refractivity contribution in [2.75, 3.05) is 0 Å². The number of hydrogen-bond acceptors (Lipinski definition) is 4. The lowest BCUT2D eigenvalue weighted by Crippen LogP contribution is -2.15. The molecule has 0 saturated heterocycles. The van der Waals surface area contributed by atoms with E-state index in [-0.39, 0.29) is 11.8 Å². The highest BCUT2D eigenvalue weighted by molar-refractivity contribution is 7.09. The Morgan fingerprint density at radius 1 is 1.32 bits per heavy atom. The van der Waals surface area contributed by atoms with Gasteiger partial charge in [0.25, 0.3) is 0 Å². The van der Waals surface area contributed by atoms with Crippen molar-refractivity contribution >= 4 is 17.3 Å². The van der Waals surface area contributed by atoms with Gasteiger partial charge in [-0.15, -0.1) is 11.3 Å². The molecule has 0 aliphatic carbocycles. The summed E-state index contributed by atoms with van der Waals surface area (Å²) in [6.07, 6.45) is 1.04. The molecule has 0 bridgehead atoms. The van der Waals surface area contributed by atoms with E-state index in [1.165, 1.54) is 16.9 Å². The quantitative estimate of drug-likeness (QED) is 0.837. The Morgan fingerprint density at radius 2 is 2.00 bits per heavy atom. The smallest absolute Gasteiger partial charge is 0.309 e. The van der Waals surface area contributed by atoms with Gasteiger partial charge in [-0.05, 0) is 29.5 Å². The fourth-order valence-corrected chi connectivity index (χ4v) is 2.71. The number of aromatic nitrogens is 1. The summed E-state index contributed by atoms with van der Waals surface area (Å²) in [4.78, 5) is 14.9. The van der Waals surface area contributed by atoms with E-state index in [0.29, 0.717) is 12.3 Å². The highest BCUT2D eigenvalue weighted by Crippen LogP contribution is 2.28. The van der Waals surface area contributed by atoms with Crippen LogP contribution in [0.4, 0.5) is 0 Å². The van der Waals surface area contributed by atoms with Crippen molar-refractivity contribution in [2.24, 2.45) is 0 Å². The van der Waals surface area contributed by atoms with Crippen molar-refractivity contribution in [3.8, 4) is 5.75 Å². The van der Waals surface area contributed by atoms with Gasteiger partial charge in [-0.25, -0.2) is 4.98 Å². The number of ether oxygens (including phenoxy) is 1. The molecule has 1 aromatic carbocycles. The van der Waals surface area contributed by atoms with E-state index in [9.17, 15) is 4.79 Å². The van der Waals surface area contributed by atoms with Crippen LogP contribution in [-0.2, 0) is 23.2 Å². The minimum Gasteiger partial charge on any atom is -0.486 e. The molecule has 0 unspecified atom stereocenters. The van der Waals surface area contributed by atoms with Gasteiger partial charge in [-0.1, -0.05) is 32.9 Å². The van der Waals surface area contributed by atoms with Crippen molar-refractivity contribution in [3.05, 3.63) is 45.9 Å². The Morgan fingerprint density at radius 3 is 2.59 bits per heavy atom. The maximum absolute atomic E-state index is 10.6. The summed E-state index contributed by atoms with van der Waals surface area (Å²) >= 11 is 1.42. The SMILES string of the molecule is CCC(C)(C)c1ccc(OCc2nc(CC(=O)O)cs2)cc1. The van der Waals surface area contributed by atoms with Gasteiger partial charge in [0, 0.05) is 5.38 Å². The van der Waals surface area contributed by atoms with Gasteiger partial charge in [-0.3, -0.25) is 4.79 Å². The monoisotopic (exact) mass is 319 g/mol. The molecule has 5 heteroatoms. The number of nitrogens with zero attached hydrogens (tertiary/aromatic N) is 1. The van der Waals surface area contributed by atoms with Crippen LogP contribution in [0.25, 0.3) is 0 Å². The lowest BCUT2D eigenvalue weighted by atomic mass is 9.82. The van der Waals surface area contributed by atoms with Gasteiger partial charge in [0.2, 0.25) is 0 Å². The summed E-state index contributed by atoms with van der Waals surface area (Å²) in [5.74, 6) is -0.0717. The lowest BCUT2D eigenvalue weighted by molar-refractivity contribution is -0.136. The van der Waals surface area contributed by atoms with Crippen LogP contribution in [0, 0.1) is 0 Å². The number of carboxylic acid groups (broad SMARTS) is 1. The average molecular weight is 319 g/mol. The minimum absolute atomic E-state index is 0.0443. The van der Waals surface area contributed by atoms with Crippen LogP contribution in [0.2, 0.25) is 0 Å². The molecule has 1 aromatic heterocycles. The third-order valence-corrected chi connectivity index (χ3v) is 4.68. The van der Waals surface area contributed by atoms with Crippen LogP contribution in [0.5, 0.6) is 5.75 Å². The standard InChI is InChI=1S/C17H21NO3S/c1-4-17(2,3)12-5-7-14(8-6-12)21-10-15-18-13(11-22-15)9-16(19)20/h5-8,11H,4,9-10H2,1-3H3,(H,19,20). The summed E-state index contributed by atoms with van der Waals surface area (Å²) in [7, 11) is 0. The Kier molecular flexibility index (Phi) is 5.19. The zero-order valence-corrected chi connectivity index (χ0v) is 13.9. The molecule has 118 valence electrons. The fraction of sp³-hybridized carbons (Fsp3) is 0.412. The van der Waals surface area contributed by atoms with E-state index in [1.807, 2.05) is 12.1 Å². The third-order valence-electron chi connectivity index (χ3n) is 3.81. The predicted octanol–water partition coefficient (Wildman–Crippen LogP) is 4.04. The molecule has 0 spiro atoms. The van der Waals surface area contributed by atoms with E-state index in [4.69, 9.17) is 9.84 Å². The van der Waals surface area contributed by atoms with Gasteiger partial charge < -0.3 is 9.84 Å². The van der Waals surface area contributed by atoms with Crippen molar-refractivity contribution in [2.45, 2.75) is 45.6 Å². The summed E-state index contributed by atoms with van der Waals surface area (Å²) in [5.41, 5.74) is 2.04. The fourth-order valence-electron chi connectivity index (χ4n) is 2.00. The second-order valence-corrected chi connectivity index (χ2v) is 6.80. The number of thiazole rings is 1. The summed E-state index contributed by atoms with van der Waals surface area (Å²) in [5, 5.41) is 11.3. The molecule has 0 aliphatic heterocycles. The number of carbonyl (C=O) groups is 1. The van der Waals surface area contributed by atoms with E-state index in [1.54, 1.807) is 5.38 Å². The van der Waals surface area contributed by atoms with Gasteiger partial charge in [0.15, 0.2) is 0 Å². The Hall–Kier alpha value is -1.88. The first kappa shape index (κ1) is 16.5. The summed E-state index contributed by atoms with van der Waals surface area (Å²) < 4.78 is 5.71. The first-order valence-corrected chi connectivity index (χ1v) is 8.17. The van der Waals surface area contributed by atoms with E-state index < -0.39 is 5.97 Å².